The van der Waals surface area contributed by atoms with Crippen LogP contribution in [0.2, 0.25) is 0 Å². The Balaban J connectivity index is 3.51. The second-order valence-electron chi connectivity index (χ2n) is 19.3. The number of hydrogen-bond acceptors (Lipinski definition) is 3. The molecule has 0 saturated carbocycles. The highest BCUT2D eigenvalue weighted by atomic mass is 16.3. The second-order valence-corrected chi connectivity index (χ2v) is 19.3. The molecule has 0 aromatic rings. The van der Waals surface area contributed by atoms with Crippen LogP contribution in [0.15, 0.2) is 36.5 Å². The molecule has 0 saturated heterocycles. The molecule has 3 N–H and O–H groups in total. The first-order valence-electron chi connectivity index (χ1n) is 28.2. The van der Waals surface area contributed by atoms with Crippen LogP contribution in [0.5, 0.6) is 0 Å². The zero-order valence-electron chi connectivity index (χ0n) is 42.2. The van der Waals surface area contributed by atoms with Crippen molar-refractivity contribution in [2.45, 2.75) is 321 Å². The van der Waals surface area contributed by atoms with Crippen molar-refractivity contribution in [3.8, 4) is 0 Å². The maximum absolute atomic E-state index is 12.5. The van der Waals surface area contributed by atoms with Gasteiger partial charge in [0.25, 0.3) is 0 Å². The Morgan fingerprint density at radius 3 is 0.935 bits per heavy atom. The number of carbonyl (C=O) groups is 1. The molecule has 366 valence electrons. The van der Waals surface area contributed by atoms with E-state index in [1.54, 1.807) is 6.08 Å². The summed E-state index contributed by atoms with van der Waals surface area (Å²) in [6.07, 6.45) is 73.1. The van der Waals surface area contributed by atoms with Gasteiger partial charge in [-0.05, 0) is 44.9 Å². The van der Waals surface area contributed by atoms with Gasteiger partial charge in [0.2, 0.25) is 5.91 Å². The molecule has 4 heteroatoms. The zero-order chi connectivity index (χ0) is 44.9. The van der Waals surface area contributed by atoms with Crippen molar-refractivity contribution in [3.05, 3.63) is 36.5 Å². The van der Waals surface area contributed by atoms with Gasteiger partial charge in [-0.1, -0.05) is 294 Å². The van der Waals surface area contributed by atoms with Gasteiger partial charge in [-0.25, -0.2) is 0 Å². The van der Waals surface area contributed by atoms with E-state index in [1.807, 2.05) is 6.08 Å². The van der Waals surface area contributed by atoms with Crippen LogP contribution in [0.25, 0.3) is 0 Å². The topological polar surface area (TPSA) is 69.6 Å². The minimum Gasteiger partial charge on any atom is -0.394 e. The predicted molar refractivity (Wildman–Crippen MR) is 276 cm³/mol. The van der Waals surface area contributed by atoms with Crippen LogP contribution in [0, 0.1) is 0 Å². The van der Waals surface area contributed by atoms with Crippen molar-refractivity contribution in [3.63, 3.8) is 0 Å². The molecule has 0 bridgehead atoms. The van der Waals surface area contributed by atoms with Gasteiger partial charge in [0, 0.05) is 6.42 Å². The Labute approximate surface area is 389 Å². The number of unbranched alkanes of at least 4 members (excludes halogenated alkanes) is 41. The highest BCUT2D eigenvalue weighted by molar-refractivity contribution is 5.76. The molecule has 0 aliphatic heterocycles. The van der Waals surface area contributed by atoms with Gasteiger partial charge < -0.3 is 15.5 Å². The third kappa shape index (κ3) is 49.6. The van der Waals surface area contributed by atoms with E-state index in [-0.39, 0.29) is 12.5 Å². The summed E-state index contributed by atoms with van der Waals surface area (Å²) >= 11 is 0. The van der Waals surface area contributed by atoms with E-state index in [2.05, 4.69) is 43.5 Å². The van der Waals surface area contributed by atoms with Crippen LogP contribution < -0.4 is 5.32 Å². The smallest absolute Gasteiger partial charge is 0.220 e. The molecule has 62 heavy (non-hydrogen) atoms. The number of amides is 1. The summed E-state index contributed by atoms with van der Waals surface area (Å²) in [5.41, 5.74) is 0. The van der Waals surface area contributed by atoms with E-state index in [0.29, 0.717) is 6.42 Å². The van der Waals surface area contributed by atoms with Gasteiger partial charge in [-0.2, -0.15) is 0 Å². The van der Waals surface area contributed by atoms with Crippen molar-refractivity contribution in [1.29, 1.82) is 0 Å². The van der Waals surface area contributed by atoms with Crippen LogP contribution in [0.4, 0.5) is 0 Å². The standard InChI is InChI=1S/C58H111NO3/c1-3-5-7-9-11-13-15-17-19-21-23-25-27-28-29-30-31-32-34-36-38-40-42-44-46-48-50-52-54-58(62)59-56(55-60)57(61)53-51-49-47-45-43-41-39-37-35-33-26-24-22-20-18-16-14-12-10-8-6-4-2/h35,37,43,45,51,53,56-57,60-61H,3-34,36,38-42,44,46-50,52,54-55H2,1-2H3,(H,59,62)/b37-35+,45-43+,53-51+. The van der Waals surface area contributed by atoms with Gasteiger partial charge in [-0.3, -0.25) is 4.79 Å². The third-order valence-corrected chi connectivity index (χ3v) is 13.1. The molecule has 0 rings (SSSR count). The third-order valence-electron chi connectivity index (χ3n) is 13.1. The van der Waals surface area contributed by atoms with Gasteiger partial charge >= 0.3 is 0 Å². The van der Waals surface area contributed by atoms with Crippen molar-refractivity contribution in [2.24, 2.45) is 0 Å². The molecule has 4 nitrogen and oxygen atoms in total. The van der Waals surface area contributed by atoms with Gasteiger partial charge in [0.05, 0.1) is 18.8 Å². The first-order chi connectivity index (χ1) is 30.7. The van der Waals surface area contributed by atoms with Crippen molar-refractivity contribution < 1.29 is 15.0 Å². The van der Waals surface area contributed by atoms with Gasteiger partial charge in [0.1, 0.15) is 0 Å². The molecule has 2 atom stereocenters. The molecule has 0 radical (unpaired) electrons. The summed E-state index contributed by atoms with van der Waals surface area (Å²) in [6.45, 7) is 4.33. The van der Waals surface area contributed by atoms with Crippen LogP contribution in [-0.4, -0.2) is 34.9 Å². The van der Waals surface area contributed by atoms with E-state index in [9.17, 15) is 15.0 Å². The molecule has 1 amide bonds. The van der Waals surface area contributed by atoms with E-state index in [4.69, 9.17) is 0 Å². The second kappa shape index (κ2) is 53.9. The number of nitrogens with one attached hydrogen (secondary N) is 1. The lowest BCUT2D eigenvalue weighted by atomic mass is 10.0. The van der Waals surface area contributed by atoms with Crippen molar-refractivity contribution in [1.82, 2.24) is 5.32 Å². The Kier molecular flexibility index (Phi) is 52.7. The monoisotopic (exact) mass is 870 g/mol. The lowest BCUT2D eigenvalue weighted by Gasteiger charge is -2.19. The highest BCUT2D eigenvalue weighted by Crippen LogP contribution is 2.17. The first kappa shape index (κ1) is 60.6. The van der Waals surface area contributed by atoms with Crippen molar-refractivity contribution in [2.75, 3.05) is 6.61 Å². The summed E-state index contributed by atoms with van der Waals surface area (Å²) in [6, 6.07) is -0.644. The van der Waals surface area contributed by atoms with E-state index < -0.39 is 12.1 Å². The summed E-state index contributed by atoms with van der Waals surface area (Å²) in [5.74, 6) is -0.0719. The fourth-order valence-electron chi connectivity index (χ4n) is 8.80. The lowest BCUT2D eigenvalue weighted by Crippen LogP contribution is -2.45. The minimum atomic E-state index is -0.869. The van der Waals surface area contributed by atoms with E-state index in [1.165, 1.54) is 250 Å². The van der Waals surface area contributed by atoms with Gasteiger partial charge in [-0.15, -0.1) is 0 Å². The number of allylic oxidation sites excluding steroid dienone is 5. The Morgan fingerprint density at radius 1 is 0.371 bits per heavy atom. The molecule has 0 aromatic heterocycles. The largest absolute Gasteiger partial charge is 0.394 e. The Morgan fingerprint density at radius 2 is 0.629 bits per heavy atom. The highest BCUT2D eigenvalue weighted by Gasteiger charge is 2.18. The zero-order valence-corrected chi connectivity index (χ0v) is 42.2. The predicted octanol–water partition coefficient (Wildman–Crippen LogP) is 18.5. The number of aliphatic hydroxyl groups is 2. The van der Waals surface area contributed by atoms with Crippen LogP contribution in [-0.2, 0) is 4.79 Å². The molecule has 0 heterocycles. The average molecular weight is 871 g/mol. The normalized spacial score (nSPS) is 13.0. The average Bonchev–Trinajstić information content (AvgIpc) is 3.28. The SMILES string of the molecule is CCCCCCCCCCCCCC/C=C/CC/C=C/CC/C=C/C(O)C(CO)NC(=O)CCCCCCCCCCCCCCCCCCCCCCCCCCCCCC. The summed E-state index contributed by atoms with van der Waals surface area (Å²) in [5, 5.41) is 23.1. The molecule has 0 fully saturated rings. The number of rotatable bonds is 52. The van der Waals surface area contributed by atoms with Gasteiger partial charge in [0.15, 0.2) is 0 Å². The fourth-order valence-corrected chi connectivity index (χ4v) is 8.80. The summed E-state index contributed by atoms with van der Waals surface area (Å²) < 4.78 is 0. The molecule has 0 aliphatic rings. The molecule has 0 spiro atoms. The molecular weight excluding hydrogens is 759 g/mol. The summed E-state index contributed by atoms with van der Waals surface area (Å²) in [4.78, 5) is 12.5. The lowest BCUT2D eigenvalue weighted by molar-refractivity contribution is -0.123. The van der Waals surface area contributed by atoms with Crippen LogP contribution in [0.1, 0.15) is 309 Å². The maximum atomic E-state index is 12.5. The molecule has 0 aromatic carbocycles. The van der Waals surface area contributed by atoms with Crippen LogP contribution in [0.3, 0.4) is 0 Å². The number of aliphatic hydroxyl groups excluding tert-OH is 2. The molecule has 0 aliphatic carbocycles. The minimum absolute atomic E-state index is 0.0719. The number of carbonyl (C=O) groups excluding carboxylic acids is 1. The molecule has 2 unspecified atom stereocenters. The maximum Gasteiger partial charge on any atom is 0.220 e. The first-order valence-corrected chi connectivity index (χ1v) is 28.2. The quantitative estimate of drug-likeness (QED) is 0.0421. The van der Waals surface area contributed by atoms with E-state index >= 15 is 0 Å². The fraction of sp³-hybridized carbons (Fsp3) is 0.879. The summed E-state index contributed by atoms with van der Waals surface area (Å²) in [7, 11) is 0. The molecular formula is C58H111NO3. The van der Waals surface area contributed by atoms with E-state index in [0.717, 1.165) is 38.5 Å². The van der Waals surface area contributed by atoms with Crippen LogP contribution >= 0.6 is 0 Å². The number of hydrogen-bond donors (Lipinski definition) is 3. The Bertz CT molecular complexity index is 943. The van der Waals surface area contributed by atoms with Crippen molar-refractivity contribution >= 4 is 5.91 Å². The Hall–Kier alpha value is -1.39.